The molecule has 0 saturated carbocycles. The van der Waals surface area contributed by atoms with Crippen molar-refractivity contribution in [1.29, 1.82) is 0 Å². The van der Waals surface area contributed by atoms with E-state index in [9.17, 15) is 4.79 Å². The summed E-state index contributed by atoms with van der Waals surface area (Å²) >= 11 is 6.01. The Morgan fingerprint density at radius 1 is 1.00 bits per heavy atom. The molecule has 0 heterocycles. The average molecular weight is 453 g/mol. The topological polar surface area (TPSA) is 69.2 Å². The van der Waals surface area contributed by atoms with Crippen molar-refractivity contribution in [3.8, 4) is 17.2 Å². The maximum Gasteiger partial charge on any atom is 0.244 e. The van der Waals surface area contributed by atoms with Gasteiger partial charge in [0.1, 0.15) is 12.4 Å². The number of ether oxygens (including phenoxy) is 3. The van der Waals surface area contributed by atoms with Gasteiger partial charge in [0.25, 0.3) is 0 Å². The molecule has 0 aliphatic heterocycles. The van der Waals surface area contributed by atoms with Crippen molar-refractivity contribution in [2.24, 2.45) is 5.10 Å². The lowest BCUT2D eigenvalue weighted by molar-refractivity contribution is -0.120. The number of carbonyl (C=O) groups excluding carboxylic acids is 1. The Morgan fingerprint density at radius 2 is 1.81 bits per heavy atom. The zero-order valence-corrected chi connectivity index (χ0v) is 18.8. The quantitative estimate of drug-likeness (QED) is 0.346. The maximum atomic E-state index is 12.1. The molecule has 0 bridgehead atoms. The first kappa shape index (κ1) is 23.2. The van der Waals surface area contributed by atoms with Crippen LogP contribution >= 0.6 is 11.6 Å². The number of rotatable bonds is 10. The van der Waals surface area contributed by atoms with E-state index in [1.165, 1.54) is 0 Å². The minimum atomic E-state index is -0.209. The molecule has 0 atom stereocenters. The number of hydrogen-bond acceptors (Lipinski definition) is 5. The highest BCUT2D eigenvalue weighted by Crippen LogP contribution is 2.28. The third-order valence-electron chi connectivity index (χ3n) is 4.47. The van der Waals surface area contributed by atoms with E-state index in [0.29, 0.717) is 29.7 Å². The van der Waals surface area contributed by atoms with E-state index in [1.54, 1.807) is 25.5 Å². The molecule has 7 heteroatoms. The van der Waals surface area contributed by atoms with Gasteiger partial charge in [0.2, 0.25) is 5.91 Å². The van der Waals surface area contributed by atoms with Crippen LogP contribution in [-0.2, 0) is 17.8 Å². The Bertz CT molecular complexity index is 1070. The van der Waals surface area contributed by atoms with E-state index >= 15 is 0 Å². The normalized spacial score (nSPS) is 10.7. The van der Waals surface area contributed by atoms with Crippen LogP contribution in [0.1, 0.15) is 23.6 Å². The van der Waals surface area contributed by atoms with Gasteiger partial charge in [0, 0.05) is 5.02 Å². The average Bonchev–Trinajstić information content (AvgIpc) is 2.79. The molecule has 6 nitrogen and oxygen atoms in total. The van der Waals surface area contributed by atoms with Crippen LogP contribution in [0.5, 0.6) is 17.2 Å². The minimum Gasteiger partial charge on any atom is -0.494 e. The fraction of sp³-hybridized carbons (Fsp3) is 0.200. The van der Waals surface area contributed by atoms with Gasteiger partial charge in [-0.15, -0.1) is 0 Å². The van der Waals surface area contributed by atoms with Gasteiger partial charge in [-0.3, -0.25) is 4.79 Å². The lowest BCUT2D eigenvalue weighted by Crippen LogP contribution is -2.19. The Balaban J connectivity index is 1.54. The molecule has 32 heavy (non-hydrogen) atoms. The summed E-state index contributed by atoms with van der Waals surface area (Å²) < 4.78 is 16.7. The highest BCUT2D eigenvalue weighted by atomic mass is 35.5. The van der Waals surface area contributed by atoms with E-state index in [0.717, 1.165) is 22.4 Å². The van der Waals surface area contributed by atoms with Gasteiger partial charge in [-0.1, -0.05) is 35.9 Å². The molecule has 3 rings (SSSR count). The summed E-state index contributed by atoms with van der Waals surface area (Å²) in [5.74, 6) is 1.74. The first-order chi connectivity index (χ1) is 15.6. The molecule has 3 aromatic rings. The van der Waals surface area contributed by atoms with Gasteiger partial charge in [-0.05, 0) is 66.1 Å². The predicted molar refractivity (Wildman–Crippen MR) is 126 cm³/mol. The lowest BCUT2D eigenvalue weighted by Gasteiger charge is -2.11. The van der Waals surface area contributed by atoms with Gasteiger partial charge in [0.15, 0.2) is 11.5 Å². The van der Waals surface area contributed by atoms with Gasteiger partial charge in [-0.2, -0.15) is 5.10 Å². The van der Waals surface area contributed by atoms with Crippen molar-refractivity contribution in [3.63, 3.8) is 0 Å². The first-order valence-electron chi connectivity index (χ1n) is 10.2. The third-order valence-corrected chi connectivity index (χ3v) is 4.71. The lowest BCUT2D eigenvalue weighted by atomic mass is 10.1. The molecule has 166 valence electrons. The fourth-order valence-electron chi connectivity index (χ4n) is 2.95. The number of benzene rings is 3. The Labute approximate surface area is 192 Å². The van der Waals surface area contributed by atoms with E-state index in [2.05, 4.69) is 10.5 Å². The Morgan fingerprint density at radius 3 is 2.53 bits per heavy atom. The monoisotopic (exact) mass is 452 g/mol. The number of nitrogens with one attached hydrogen (secondary N) is 1. The summed E-state index contributed by atoms with van der Waals surface area (Å²) in [6, 6.07) is 20.3. The SMILES string of the molecule is CCOc1ccc(CC(=O)N/N=C\c2ccc(OCc3cccc(Cl)c3)c(OC)c2)cc1. The molecule has 0 saturated heterocycles. The van der Waals surface area contributed by atoms with Crippen LogP contribution in [0.3, 0.4) is 0 Å². The van der Waals surface area contributed by atoms with Gasteiger partial charge >= 0.3 is 0 Å². The van der Waals surface area contributed by atoms with Crippen molar-refractivity contribution in [3.05, 3.63) is 88.4 Å². The highest BCUT2D eigenvalue weighted by molar-refractivity contribution is 6.30. The number of nitrogens with zero attached hydrogens (tertiary/aromatic N) is 1. The molecule has 0 spiro atoms. The molecule has 1 N–H and O–H groups in total. The number of carbonyl (C=O) groups is 1. The van der Waals surface area contributed by atoms with E-state index < -0.39 is 0 Å². The van der Waals surface area contributed by atoms with Gasteiger partial charge in [0.05, 0.1) is 26.4 Å². The molecular formula is C25H25ClN2O4. The number of hydrogen-bond donors (Lipinski definition) is 1. The van der Waals surface area contributed by atoms with Crippen LogP contribution in [0, 0.1) is 0 Å². The van der Waals surface area contributed by atoms with Gasteiger partial charge in [-0.25, -0.2) is 5.43 Å². The molecule has 0 aromatic heterocycles. The van der Waals surface area contributed by atoms with E-state index in [-0.39, 0.29) is 12.3 Å². The van der Waals surface area contributed by atoms with Crippen molar-refractivity contribution >= 4 is 23.7 Å². The second-order valence-corrected chi connectivity index (χ2v) is 7.31. The molecule has 1 amide bonds. The number of hydrazone groups is 1. The zero-order valence-electron chi connectivity index (χ0n) is 18.0. The maximum absolute atomic E-state index is 12.1. The van der Waals surface area contributed by atoms with E-state index in [4.69, 9.17) is 25.8 Å². The van der Waals surface area contributed by atoms with Crippen molar-refractivity contribution in [2.75, 3.05) is 13.7 Å². The highest BCUT2D eigenvalue weighted by Gasteiger charge is 2.07. The second-order valence-electron chi connectivity index (χ2n) is 6.88. The molecule has 0 radical (unpaired) electrons. The summed E-state index contributed by atoms with van der Waals surface area (Å²) in [4.78, 5) is 12.1. The van der Waals surface area contributed by atoms with Crippen LogP contribution in [0.4, 0.5) is 0 Å². The van der Waals surface area contributed by atoms with Crippen LogP contribution in [0.25, 0.3) is 0 Å². The second kappa shape index (κ2) is 11.8. The van der Waals surface area contributed by atoms with Gasteiger partial charge < -0.3 is 14.2 Å². The summed E-state index contributed by atoms with van der Waals surface area (Å²) in [5.41, 5.74) is 5.14. The van der Waals surface area contributed by atoms with Crippen molar-refractivity contribution in [1.82, 2.24) is 5.43 Å². The van der Waals surface area contributed by atoms with Crippen LogP contribution < -0.4 is 19.6 Å². The Hall–Kier alpha value is -3.51. The van der Waals surface area contributed by atoms with Crippen LogP contribution in [-0.4, -0.2) is 25.8 Å². The number of halogens is 1. The van der Waals surface area contributed by atoms with Crippen molar-refractivity contribution < 1.29 is 19.0 Å². The Kier molecular flexibility index (Phi) is 8.52. The van der Waals surface area contributed by atoms with Crippen LogP contribution in [0.15, 0.2) is 71.8 Å². The predicted octanol–water partition coefficient (Wildman–Crippen LogP) is 5.02. The molecular weight excluding hydrogens is 428 g/mol. The summed E-state index contributed by atoms with van der Waals surface area (Å²) in [6.07, 6.45) is 1.78. The summed E-state index contributed by atoms with van der Waals surface area (Å²) in [7, 11) is 1.57. The summed E-state index contributed by atoms with van der Waals surface area (Å²) in [5, 5.41) is 4.69. The number of amides is 1. The summed E-state index contributed by atoms with van der Waals surface area (Å²) in [6.45, 7) is 2.90. The zero-order chi connectivity index (χ0) is 22.8. The molecule has 0 aliphatic carbocycles. The molecule has 0 unspecified atom stereocenters. The van der Waals surface area contributed by atoms with E-state index in [1.807, 2.05) is 61.5 Å². The molecule has 0 aliphatic rings. The standard InChI is InChI=1S/C25H25ClN2O4/c1-3-31-22-10-7-18(8-11-22)15-25(29)28-27-16-19-9-12-23(24(14-19)30-2)32-17-20-5-4-6-21(26)13-20/h4-14,16H,3,15,17H2,1-2H3,(H,28,29)/b27-16-. The smallest absolute Gasteiger partial charge is 0.244 e. The fourth-order valence-corrected chi connectivity index (χ4v) is 3.16. The third kappa shape index (κ3) is 7.03. The van der Waals surface area contributed by atoms with Crippen LogP contribution in [0.2, 0.25) is 5.02 Å². The number of methoxy groups -OCH3 is 1. The minimum absolute atomic E-state index is 0.209. The first-order valence-corrected chi connectivity index (χ1v) is 10.5. The largest absolute Gasteiger partial charge is 0.494 e. The molecule has 3 aromatic carbocycles. The molecule has 0 fully saturated rings. The van der Waals surface area contributed by atoms with Crippen molar-refractivity contribution in [2.45, 2.75) is 20.0 Å².